The first-order valence-electron chi connectivity index (χ1n) is 6.97. The molecule has 24 heavy (non-hydrogen) atoms. The number of hydrogen-bond acceptors (Lipinski definition) is 4. The fraction of sp³-hybridized carbons (Fsp3) is 0.125. The molecule has 0 amide bonds. The second-order valence-electron chi connectivity index (χ2n) is 5.30. The van der Waals surface area contributed by atoms with E-state index in [1.807, 2.05) is 12.1 Å². The summed E-state index contributed by atoms with van der Waals surface area (Å²) in [5.74, 6) is 0. The molecule has 1 heterocycles. The smallest absolute Gasteiger partial charge is 0.267 e. The SMILES string of the molecule is CC(c1ccc(-c2n[nH]c(=O)c3ccccc23)cc1)S(N)(=O)=O.Cl. The molecule has 0 spiro atoms. The van der Waals surface area contributed by atoms with Crippen molar-refractivity contribution in [2.45, 2.75) is 12.2 Å². The highest BCUT2D eigenvalue weighted by Crippen LogP contribution is 2.26. The van der Waals surface area contributed by atoms with Gasteiger partial charge in [-0.1, -0.05) is 42.5 Å². The molecule has 0 bridgehead atoms. The number of benzene rings is 2. The van der Waals surface area contributed by atoms with Crippen LogP contribution in [0.25, 0.3) is 22.0 Å². The summed E-state index contributed by atoms with van der Waals surface area (Å²) < 4.78 is 22.8. The van der Waals surface area contributed by atoms with Gasteiger partial charge in [-0.25, -0.2) is 18.7 Å². The fourth-order valence-electron chi connectivity index (χ4n) is 2.44. The van der Waals surface area contributed by atoms with E-state index in [0.717, 1.165) is 10.9 Å². The molecule has 1 atom stereocenters. The summed E-state index contributed by atoms with van der Waals surface area (Å²) in [4.78, 5) is 11.8. The van der Waals surface area contributed by atoms with Gasteiger partial charge in [-0.3, -0.25) is 4.79 Å². The molecule has 0 aliphatic rings. The molecule has 0 aliphatic carbocycles. The van der Waals surface area contributed by atoms with Crippen LogP contribution in [-0.4, -0.2) is 18.6 Å². The standard InChI is InChI=1S/C16H15N3O3S.ClH/c1-10(23(17,21)22)11-6-8-12(9-7-11)15-13-4-2-3-5-14(13)16(20)19-18-15;/h2-10H,1H3,(H,19,20)(H2,17,21,22);1H. The lowest BCUT2D eigenvalue weighted by Gasteiger charge is -2.10. The number of aromatic amines is 1. The third-order valence-corrected chi connectivity index (χ3v) is 5.10. The van der Waals surface area contributed by atoms with E-state index in [0.29, 0.717) is 16.6 Å². The lowest BCUT2D eigenvalue weighted by Crippen LogP contribution is -2.19. The third-order valence-electron chi connectivity index (χ3n) is 3.84. The first-order chi connectivity index (χ1) is 10.9. The van der Waals surface area contributed by atoms with Gasteiger partial charge in [-0.05, 0) is 18.6 Å². The van der Waals surface area contributed by atoms with Crippen LogP contribution in [0, 0.1) is 0 Å². The Morgan fingerprint density at radius 1 is 1.04 bits per heavy atom. The van der Waals surface area contributed by atoms with Gasteiger partial charge in [0.1, 0.15) is 0 Å². The lowest BCUT2D eigenvalue weighted by atomic mass is 10.0. The van der Waals surface area contributed by atoms with Crippen molar-refractivity contribution in [3.05, 3.63) is 64.4 Å². The largest absolute Gasteiger partial charge is 0.272 e. The van der Waals surface area contributed by atoms with E-state index >= 15 is 0 Å². The highest BCUT2D eigenvalue weighted by atomic mass is 35.5. The van der Waals surface area contributed by atoms with Gasteiger partial charge in [0.2, 0.25) is 10.0 Å². The average molecular weight is 366 g/mol. The number of aromatic nitrogens is 2. The number of nitrogens with one attached hydrogen (secondary N) is 1. The number of fused-ring (bicyclic) bond motifs is 1. The van der Waals surface area contributed by atoms with Gasteiger partial charge in [0, 0.05) is 10.9 Å². The van der Waals surface area contributed by atoms with Crippen LogP contribution in [0.2, 0.25) is 0 Å². The summed E-state index contributed by atoms with van der Waals surface area (Å²) in [6, 6.07) is 14.1. The number of rotatable bonds is 3. The van der Waals surface area contributed by atoms with E-state index in [2.05, 4.69) is 10.2 Å². The molecule has 0 radical (unpaired) electrons. The van der Waals surface area contributed by atoms with Crippen molar-refractivity contribution in [2.24, 2.45) is 5.14 Å². The number of sulfonamides is 1. The van der Waals surface area contributed by atoms with E-state index in [4.69, 9.17) is 5.14 Å². The van der Waals surface area contributed by atoms with E-state index in [9.17, 15) is 13.2 Å². The number of nitrogens with two attached hydrogens (primary N) is 1. The third kappa shape index (κ3) is 3.33. The summed E-state index contributed by atoms with van der Waals surface area (Å²) >= 11 is 0. The number of primary sulfonamides is 1. The highest BCUT2D eigenvalue weighted by molar-refractivity contribution is 7.89. The quantitative estimate of drug-likeness (QED) is 0.743. The topological polar surface area (TPSA) is 106 Å². The molecular formula is C16H16ClN3O3S. The van der Waals surface area contributed by atoms with Gasteiger partial charge in [-0.15, -0.1) is 12.4 Å². The normalized spacial score (nSPS) is 12.6. The Labute approximate surface area is 145 Å². The van der Waals surface area contributed by atoms with Crippen molar-refractivity contribution in [3.63, 3.8) is 0 Å². The summed E-state index contributed by atoms with van der Waals surface area (Å²) in [7, 11) is -3.64. The first-order valence-corrected chi connectivity index (χ1v) is 8.58. The molecular weight excluding hydrogens is 350 g/mol. The molecule has 8 heteroatoms. The molecule has 0 fully saturated rings. The molecule has 3 rings (SSSR count). The van der Waals surface area contributed by atoms with E-state index < -0.39 is 15.3 Å². The van der Waals surface area contributed by atoms with Gasteiger partial charge in [0.05, 0.1) is 16.3 Å². The van der Waals surface area contributed by atoms with Gasteiger partial charge in [0.15, 0.2) is 0 Å². The number of H-pyrrole nitrogens is 1. The zero-order chi connectivity index (χ0) is 16.6. The highest BCUT2D eigenvalue weighted by Gasteiger charge is 2.18. The number of nitrogens with zero attached hydrogens (tertiary/aromatic N) is 1. The molecule has 3 aromatic rings. The Kier molecular flexibility index (Phi) is 5.08. The summed E-state index contributed by atoms with van der Waals surface area (Å²) in [6.45, 7) is 1.54. The van der Waals surface area contributed by atoms with Crippen LogP contribution < -0.4 is 10.7 Å². The van der Waals surface area contributed by atoms with E-state index in [1.54, 1.807) is 36.4 Å². The van der Waals surface area contributed by atoms with E-state index in [-0.39, 0.29) is 18.0 Å². The molecule has 126 valence electrons. The van der Waals surface area contributed by atoms with Crippen LogP contribution in [0.4, 0.5) is 0 Å². The maximum Gasteiger partial charge on any atom is 0.272 e. The van der Waals surface area contributed by atoms with Crippen molar-refractivity contribution < 1.29 is 8.42 Å². The van der Waals surface area contributed by atoms with Crippen LogP contribution in [0.3, 0.4) is 0 Å². The van der Waals surface area contributed by atoms with Crippen LogP contribution in [0.1, 0.15) is 17.7 Å². The molecule has 0 aliphatic heterocycles. The van der Waals surface area contributed by atoms with Crippen LogP contribution >= 0.6 is 12.4 Å². The Morgan fingerprint density at radius 3 is 2.21 bits per heavy atom. The van der Waals surface area contributed by atoms with Gasteiger partial charge >= 0.3 is 0 Å². The summed E-state index contributed by atoms with van der Waals surface area (Å²) in [5.41, 5.74) is 1.77. The first kappa shape index (κ1) is 18.1. The predicted molar refractivity (Wildman–Crippen MR) is 96.6 cm³/mol. The van der Waals surface area contributed by atoms with Gasteiger partial charge < -0.3 is 0 Å². The maximum absolute atomic E-state index is 11.8. The van der Waals surface area contributed by atoms with Gasteiger partial charge in [-0.2, -0.15) is 5.10 Å². The van der Waals surface area contributed by atoms with Crippen LogP contribution in [0.5, 0.6) is 0 Å². The minimum absolute atomic E-state index is 0. The Hall–Kier alpha value is -2.22. The van der Waals surface area contributed by atoms with Crippen LogP contribution in [-0.2, 0) is 10.0 Å². The second-order valence-corrected chi connectivity index (χ2v) is 7.19. The van der Waals surface area contributed by atoms with Crippen LogP contribution in [0.15, 0.2) is 53.3 Å². The molecule has 3 N–H and O–H groups in total. The molecule has 1 unspecified atom stereocenters. The summed E-state index contributed by atoms with van der Waals surface area (Å²) in [5, 5.41) is 12.3. The zero-order valence-corrected chi connectivity index (χ0v) is 14.4. The van der Waals surface area contributed by atoms with Crippen molar-refractivity contribution in [1.82, 2.24) is 10.2 Å². The Bertz CT molecular complexity index is 1030. The predicted octanol–water partition coefficient (Wildman–Crippen LogP) is 2.36. The molecule has 0 saturated carbocycles. The lowest BCUT2D eigenvalue weighted by molar-refractivity contribution is 0.588. The monoisotopic (exact) mass is 365 g/mol. The molecule has 0 saturated heterocycles. The van der Waals surface area contributed by atoms with E-state index in [1.165, 1.54) is 6.92 Å². The van der Waals surface area contributed by atoms with Crippen molar-refractivity contribution in [2.75, 3.05) is 0 Å². The maximum atomic E-state index is 11.8. The molecule has 6 nitrogen and oxygen atoms in total. The minimum atomic E-state index is -3.64. The Morgan fingerprint density at radius 2 is 1.62 bits per heavy atom. The summed E-state index contributed by atoms with van der Waals surface area (Å²) in [6.07, 6.45) is 0. The second kappa shape index (κ2) is 6.72. The number of halogens is 1. The van der Waals surface area contributed by atoms with Gasteiger partial charge in [0.25, 0.3) is 5.56 Å². The Balaban J connectivity index is 0.00000208. The molecule has 1 aromatic heterocycles. The fourth-order valence-corrected chi connectivity index (χ4v) is 2.97. The van der Waals surface area contributed by atoms with Crippen molar-refractivity contribution in [3.8, 4) is 11.3 Å². The van der Waals surface area contributed by atoms with Crippen molar-refractivity contribution >= 4 is 33.2 Å². The minimum Gasteiger partial charge on any atom is -0.267 e. The van der Waals surface area contributed by atoms with Crippen molar-refractivity contribution in [1.29, 1.82) is 0 Å². The molecule has 2 aromatic carbocycles. The number of hydrogen-bond donors (Lipinski definition) is 2. The zero-order valence-electron chi connectivity index (χ0n) is 12.8. The average Bonchev–Trinajstić information content (AvgIpc) is 2.54.